The molecule has 1 unspecified atom stereocenters. The Morgan fingerprint density at radius 2 is 2.23 bits per heavy atom. The number of para-hydroxylation sites is 1. The summed E-state index contributed by atoms with van der Waals surface area (Å²) < 4.78 is 6.00. The molecule has 0 bridgehead atoms. The predicted octanol–water partition coefficient (Wildman–Crippen LogP) is 2.44. The number of hydrogen-bond donors (Lipinski definition) is 1. The molecule has 0 amide bonds. The number of guanidine groups is 1. The van der Waals surface area contributed by atoms with Crippen LogP contribution in [0.3, 0.4) is 0 Å². The molecule has 1 saturated carbocycles. The molecule has 22 heavy (non-hydrogen) atoms. The van der Waals surface area contributed by atoms with Crippen LogP contribution in [0.15, 0.2) is 29.3 Å². The van der Waals surface area contributed by atoms with Gasteiger partial charge in [-0.2, -0.15) is 0 Å². The first-order valence-electron chi connectivity index (χ1n) is 8.48. The Morgan fingerprint density at radius 1 is 1.36 bits per heavy atom. The minimum Gasteiger partial charge on any atom is -0.488 e. The molecule has 2 fully saturated rings. The van der Waals surface area contributed by atoms with Gasteiger partial charge in [-0.05, 0) is 36.3 Å². The summed E-state index contributed by atoms with van der Waals surface area (Å²) in [6, 6.07) is 8.34. The molecule has 1 aromatic carbocycles. The highest BCUT2D eigenvalue weighted by Gasteiger charge is 2.43. The molecular formula is C18H25N3O. The Labute approximate surface area is 132 Å². The Kier molecular flexibility index (Phi) is 3.47. The van der Waals surface area contributed by atoms with Crippen LogP contribution in [0.4, 0.5) is 0 Å². The quantitative estimate of drug-likeness (QED) is 0.673. The molecular weight excluding hydrogens is 274 g/mol. The van der Waals surface area contributed by atoms with E-state index in [-0.39, 0.29) is 6.10 Å². The third-order valence-electron chi connectivity index (χ3n) is 5.57. The van der Waals surface area contributed by atoms with Crippen LogP contribution < -0.4 is 10.1 Å². The van der Waals surface area contributed by atoms with Gasteiger partial charge in [-0.3, -0.25) is 4.99 Å². The number of nitrogens with one attached hydrogen (secondary N) is 1. The molecule has 4 nitrogen and oxygen atoms in total. The fourth-order valence-electron chi connectivity index (χ4n) is 4.11. The number of ether oxygens (including phenoxy) is 1. The van der Waals surface area contributed by atoms with E-state index < -0.39 is 0 Å². The molecule has 3 aliphatic rings. The first kappa shape index (κ1) is 13.9. The van der Waals surface area contributed by atoms with E-state index >= 15 is 0 Å². The van der Waals surface area contributed by atoms with Crippen LogP contribution in [0.5, 0.6) is 5.75 Å². The molecule has 1 aromatic rings. The van der Waals surface area contributed by atoms with Crippen molar-refractivity contribution in [2.24, 2.45) is 10.4 Å². The molecule has 0 radical (unpaired) electrons. The van der Waals surface area contributed by atoms with E-state index in [1.165, 1.54) is 37.8 Å². The molecule has 1 aliphatic carbocycles. The van der Waals surface area contributed by atoms with E-state index in [0.717, 1.165) is 31.2 Å². The summed E-state index contributed by atoms with van der Waals surface area (Å²) in [4.78, 5) is 6.91. The largest absolute Gasteiger partial charge is 0.488 e. The SMILES string of the molecule is CN=C(NCC1Cc2ccccc2O1)N1CCC2(CCC2)C1. The molecule has 2 heterocycles. The Hall–Kier alpha value is -1.71. The average molecular weight is 299 g/mol. The highest BCUT2D eigenvalue weighted by atomic mass is 16.5. The van der Waals surface area contributed by atoms with Gasteiger partial charge in [-0.25, -0.2) is 0 Å². The third-order valence-corrected chi connectivity index (χ3v) is 5.57. The van der Waals surface area contributed by atoms with Crippen molar-refractivity contribution in [2.45, 2.75) is 38.2 Å². The molecule has 1 spiro atoms. The van der Waals surface area contributed by atoms with Gasteiger partial charge in [0, 0.05) is 26.6 Å². The zero-order valence-corrected chi connectivity index (χ0v) is 13.3. The van der Waals surface area contributed by atoms with Crippen molar-refractivity contribution in [3.63, 3.8) is 0 Å². The fourth-order valence-corrected chi connectivity index (χ4v) is 4.11. The van der Waals surface area contributed by atoms with Gasteiger partial charge in [-0.1, -0.05) is 24.6 Å². The molecule has 1 N–H and O–H groups in total. The topological polar surface area (TPSA) is 36.9 Å². The summed E-state index contributed by atoms with van der Waals surface area (Å²) in [7, 11) is 1.89. The van der Waals surface area contributed by atoms with Crippen LogP contribution >= 0.6 is 0 Å². The van der Waals surface area contributed by atoms with Crippen LogP contribution in [-0.2, 0) is 6.42 Å². The van der Waals surface area contributed by atoms with Gasteiger partial charge in [0.2, 0.25) is 0 Å². The van der Waals surface area contributed by atoms with E-state index in [1.807, 2.05) is 13.1 Å². The molecule has 2 aliphatic heterocycles. The maximum atomic E-state index is 6.00. The second-order valence-corrected chi connectivity index (χ2v) is 7.00. The van der Waals surface area contributed by atoms with Crippen molar-refractivity contribution in [2.75, 3.05) is 26.7 Å². The van der Waals surface area contributed by atoms with Gasteiger partial charge >= 0.3 is 0 Å². The summed E-state index contributed by atoms with van der Waals surface area (Å²) in [6.07, 6.45) is 6.76. The predicted molar refractivity (Wildman–Crippen MR) is 88.4 cm³/mol. The lowest BCUT2D eigenvalue weighted by molar-refractivity contribution is 0.151. The first-order valence-corrected chi connectivity index (χ1v) is 8.48. The molecule has 0 aromatic heterocycles. The summed E-state index contributed by atoms with van der Waals surface area (Å²) in [6.45, 7) is 3.15. The van der Waals surface area contributed by atoms with Crippen molar-refractivity contribution < 1.29 is 4.74 Å². The Balaban J connectivity index is 1.32. The van der Waals surface area contributed by atoms with E-state index in [2.05, 4.69) is 33.4 Å². The van der Waals surface area contributed by atoms with E-state index in [1.54, 1.807) is 0 Å². The van der Waals surface area contributed by atoms with Gasteiger partial charge in [-0.15, -0.1) is 0 Å². The minimum atomic E-state index is 0.217. The highest BCUT2D eigenvalue weighted by molar-refractivity contribution is 5.80. The van der Waals surface area contributed by atoms with Crippen LogP contribution in [0.2, 0.25) is 0 Å². The zero-order chi connectivity index (χ0) is 15.0. The maximum Gasteiger partial charge on any atom is 0.193 e. The summed E-state index contributed by atoms with van der Waals surface area (Å²) in [5.41, 5.74) is 1.93. The standard InChI is InChI=1S/C18H25N3O/c1-19-17(21-10-9-18(13-21)7-4-8-18)20-12-15-11-14-5-2-3-6-16(14)22-15/h2-3,5-6,15H,4,7-13H2,1H3,(H,19,20). The van der Waals surface area contributed by atoms with E-state index in [9.17, 15) is 0 Å². The van der Waals surface area contributed by atoms with E-state index in [0.29, 0.717) is 5.41 Å². The second kappa shape index (κ2) is 5.49. The van der Waals surface area contributed by atoms with Crippen LogP contribution in [0, 0.1) is 5.41 Å². The minimum absolute atomic E-state index is 0.217. The molecule has 1 saturated heterocycles. The molecule has 118 valence electrons. The first-order chi connectivity index (χ1) is 10.8. The highest BCUT2D eigenvalue weighted by Crippen LogP contribution is 2.47. The normalized spacial score (nSPS) is 25.8. The molecule has 1 atom stereocenters. The van der Waals surface area contributed by atoms with Gasteiger partial charge < -0.3 is 15.0 Å². The number of likely N-dealkylation sites (tertiary alicyclic amines) is 1. The number of benzene rings is 1. The van der Waals surface area contributed by atoms with Crippen LogP contribution in [-0.4, -0.2) is 43.6 Å². The van der Waals surface area contributed by atoms with Gasteiger partial charge in [0.05, 0.1) is 6.54 Å². The summed E-state index contributed by atoms with van der Waals surface area (Å²) >= 11 is 0. The lowest BCUT2D eigenvalue weighted by Crippen LogP contribution is -2.45. The maximum absolute atomic E-state index is 6.00. The van der Waals surface area contributed by atoms with E-state index in [4.69, 9.17) is 4.74 Å². The van der Waals surface area contributed by atoms with Crippen molar-refractivity contribution in [3.8, 4) is 5.75 Å². The average Bonchev–Trinajstić information content (AvgIpc) is 3.11. The van der Waals surface area contributed by atoms with Gasteiger partial charge in [0.1, 0.15) is 11.9 Å². The summed E-state index contributed by atoms with van der Waals surface area (Å²) in [5, 5.41) is 3.53. The van der Waals surface area contributed by atoms with Gasteiger partial charge in [0.25, 0.3) is 0 Å². The zero-order valence-electron chi connectivity index (χ0n) is 13.3. The fraction of sp³-hybridized carbons (Fsp3) is 0.611. The van der Waals surface area contributed by atoms with Crippen LogP contribution in [0.25, 0.3) is 0 Å². The Morgan fingerprint density at radius 3 is 2.91 bits per heavy atom. The molecule has 4 rings (SSSR count). The molecule has 4 heteroatoms. The second-order valence-electron chi connectivity index (χ2n) is 7.00. The number of rotatable bonds is 2. The van der Waals surface area contributed by atoms with Crippen LogP contribution in [0.1, 0.15) is 31.2 Å². The van der Waals surface area contributed by atoms with Crippen molar-refractivity contribution in [1.29, 1.82) is 0 Å². The van der Waals surface area contributed by atoms with Crippen molar-refractivity contribution in [1.82, 2.24) is 10.2 Å². The number of hydrogen-bond acceptors (Lipinski definition) is 2. The lowest BCUT2D eigenvalue weighted by atomic mass is 9.68. The summed E-state index contributed by atoms with van der Waals surface area (Å²) in [5.74, 6) is 2.09. The third kappa shape index (κ3) is 2.44. The monoisotopic (exact) mass is 299 g/mol. The number of nitrogens with zero attached hydrogens (tertiary/aromatic N) is 2. The number of fused-ring (bicyclic) bond motifs is 1. The lowest BCUT2D eigenvalue weighted by Gasteiger charge is -2.38. The van der Waals surface area contributed by atoms with Gasteiger partial charge in [0.15, 0.2) is 5.96 Å². The number of aliphatic imine (C=N–C) groups is 1. The van der Waals surface area contributed by atoms with Crippen molar-refractivity contribution >= 4 is 5.96 Å². The van der Waals surface area contributed by atoms with Crippen molar-refractivity contribution in [3.05, 3.63) is 29.8 Å². The smallest absolute Gasteiger partial charge is 0.193 e. The Bertz CT molecular complexity index is 554.